The standard InChI is InChI=1S/C22H28N4O4/c1-3-23-21(27)16-8-10-25(11-9-16)22(28)20-18-13-30-19(12-26(18)14-24-20)15-4-6-17(29-2)7-5-15/h4-7,14,16,19H,3,8-13H2,1-2H3,(H,23,27)/t19-/m0/s1. The molecule has 0 spiro atoms. The van der Waals surface area contributed by atoms with Crippen LogP contribution in [0.1, 0.15) is 47.6 Å². The Morgan fingerprint density at radius 1 is 1.23 bits per heavy atom. The van der Waals surface area contributed by atoms with Crippen molar-refractivity contribution >= 4 is 11.8 Å². The van der Waals surface area contributed by atoms with Gasteiger partial charge in [0.15, 0.2) is 5.69 Å². The molecule has 2 aliphatic rings. The molecule has 30 heavy (non-hydrogen) atoms. The molecule has 0 bridgehead atoms. The number of amides is 2. The fourth-order valence-electron chi connectivity index (χ4n) is 4.14. The molecule has 2 aliphatic heterocycles. The molecule has 0 aliphatic carbocycles. The number of hydrogen-bond acceptors (Lipinski definition) is 5. The van der Waals surface area contributed by atoms with Crippen LogP contribution in [-0.2, 0) is 22.7 Å². The van der Waals surface area contributed by atoms with Gasteiger partial charge in [-0.3, -0.25) is 9.59 Å². The number of carbonyl (C=O) groups excluding carboxylic acids is 2. The number of fused-ring (bicyclic) bond motifs is 1. The molecule has 1 aromatic carbocycles. The van der Waals surface area contributed by atoms with Gasteiger partial charge in [0.05, 0.1) is 32.3 Å². The Morgan fingerprint density at radius 2 is 1.97 bits per heavy atom. The van der Waals surface area contributed by atoms with E-state index in [-0.39, 0.29) is 23.8 Å². The number of benzene rings is 1. The van der Waals surface area contributed by atoms with Gasteiger partial charge in [0.2, 0.25) is 5.91 Å². The molecule has 1 aromatic heterocycles. The average molecular weight is 412 g/mol. The van der Waals surface area contributed by atoms with E-state index >= 15 is 0 Å². The molecule has 1 atom stereocenters. The quantitative estimate of drug-likeness (QED) is 0.813. The zero-order chi connectivity index (χ0) is 21.1. The molecule has 1 saturated heterocycles. The van der Waals surface area contributed by atoms with Crippen molar-refractivity contribution < 1.29 is 19.1 Å². The predicted octanol–water partition coefficient (Wildman–Crippen LogP) is 2.15. The van der Waals surface area contributed by atoms with Crippen molar-refractivity contribution in [1.29, 1.82) is 0 Å². The van der Waals surface area contributed by atoms with Crippen LogP contribution in [0.5, 0.6) is 5.75 Å². The van der Waals surface area contributed by atoms with Gasteiger partial charge in [-0.15, -0.1) is 0 Å². The molecule has 4 rings (SSSR count). The molecule has 2 amide bonds. The molecule has 0 saturated carbocycles. The minimum atomic E-state index is -0.0895. The number of imidazole rings is 1. The van der Waals surface area contributed by atoms with Crippen LogP contribution in [0.25, 0.3) is 0 Å². The van der Waals surface area contributed by atoms with Gasteiger partial charge in [-0.05, 0) is 37.5 Å². The van der Waals surface area contributed by atoms with Gasteiger partial charge in [-0.1, -0.05) is 12.1 Å². The highest BCUT2D eigenvalue weighted by Crippen LogP contribution is 2.29. The lowest BCUT2D eigenvalue weighted by Gasteiger charge is -2.31. The fourth-order valence-corrected chi connectivity index (χ4v) is 4.14. The van der Waals surface area contributed by atoms with Crippen LogP contribution in [0.2, 0.25) is 0 Å². The largest absolute Gasteiger partial charge is 0.497 e. The minimum absolute atomic E-state index is 0.0153. The summed E-state index contributed by atoms with van der Waals surface area (Å²) in [6.45, 7) is 4.65. The van der Waals surface area contributed by atoms with Crippen molar-refractivity contribution in [2.45, 2.75) is 39.0 Å². The molecule has 3 heterocycles. The highest BCUT2D eigenvalue weighted by Gasteiger charge is 2.32. The van der Waals surface area contributed by atoms with Crippen molar-refractivity contribution in [3.63, 3.8) is 0 Å². The molecule has 2 aromatic rings. The van der Waals surface area contributed by atoms with Gasteiger partial charge < -0.3 is 24.3 Å². The molecule has 0 unspecified atom stereocenters. The average Bonchev–Trinajstić information content (AvgIpc) is 3.22. The summed E-state index contributed by atoms with van der Waals surface area (Å²) in [5.41, 5.74) is 2.34. The molecule has 0 radical (unpaired) electrons. The molecule has 160 valence electrons. The summed E-state index contributed by atoms with van der Waals surface area (Å²) in [5.74, 6) is 0.798. The van der Waals surface area contributed by atoms with Crippen LogP contribution < -0.4 is 10.1 Å². The van der Waals surface area contributed by atoms with Crippen LogP contribution in [0, 0.1) is 5.92 Å². The number of hydrogen-bond donors (Lipinski definition) is 1. The summed E-state index contributed by atoms with van der Waals surface area (Å²) < 4.78 is 13.3. The van der Waals surface area contributed by atoms with E-state index in [1.54, 1.807) is 18.3 Å². The summed E-state index contributed by atoms with van der Waals surface area (Å²) in [5, 5.41) is 2.87. The molecular formula is C22H28N4O4. The Balaban J connectivity index is 1.40. The van der Waals surface area contributed by atoms with Crippen LogP contribution in [0.3, 0.4) is 0 Å². The molecule has 1 fully saturated rings. The first kappa shape index (κ1) is 20.4. The second-order valence-electron chi connectivity index (χ2n) is 7.73. The first-order chi connectivity index (χ1) is 14.6. The normalized spacial score (nSPS) is 19.3. The van der Waals surface area contributed by atoms with Crippen LogP contribution >= 0.6 is 0 Å². The topological polar surface area (TPSA) is 85.7 Å². The third-order valence-electron chi connectivity index (χ3n) is 5.92. The zero-order valence-corrected chi connectivity index (χ0v) is 17.5. The lowest BCUT2D eigenvalue weighted by atomic mass is 9.95. The Morgan fingerprint density at radius 3 is 2.63 bits per heavy atom. The number of ether oxygens (including phenoxy) is 2. The van der Waals surface area contributed by atoms with Gasteiger partial charge in [-0.25, -0.2) is 4.98 Å². The Kier molecular flexibility index (Phi) is 6.03. The summed E-state index contributed by atoms with van der Waals surface area (Å²) >= 11 is 0. The maximum absolute atomic E-state index is 13.0. The highest BCUT2D eigenvalue weighted by atomic mass is 16.5. The number of methoxy groups -OCH3 is 1. The summed E-state index contributed by atoms with van der Waals surface area (Å²) in [4.78, 5) is 31.3. The van der Waals surface area contributed by atoms with E-state index in [1.165, 1.54) is 0 Å². The first-order valence-corrected chi connectivity index (χ1v) is 10.5. The molecular weight excluding hydrogens is 384 g/mol. The number of piperidine rings is 1. The number of rotatable bonds is 5. The van der Waals surface area contributed by atoms with E-state index in [0.717, 1.165) is 17.0 Å². The van der Waals surface area contributed by atoms with Crippen LogP contribution in [0.4, 0.5) is 0 Å². The van der Waals surface area contributed by atoms with Crippen molar-refractivity contribution in [1.82, 2.24) is 19.8 Å². The van der Waals surface area contributed by atoms with Crippen molar-refractivity contribution in [2.75, 3.05) is 26.7 Å². The Bertz CT molecular complexity index is 900. The summed E-state index contributed by atoms with van der Waals surface area (Å²) in [6.07, 6.45) is 3.00. The Labute approximate surface area is 176 Å². The highest BCUT2D eigenvalue weighted by molar-refractivity contribution is 5.93. The second kappa shape index (κ2) is 8.87. The predicted molar refractivity (Wildman–Crippen MR) is 110 cm³/mol. The molecule has 8 nitrogen and oxygen atoms in total. The lowest BCUT2D eigenvalue weighted by Crippen LogP contribution is -2.43. The van der Waals surface area contributed by atoms with E-state index in [0.29, 0.717) is 51.3 Å². The van der Waals surface area contributed by atoms with Crippen molar-refractivity contribution in [2.24, 2.45) is 5.92 Å². The van der Waals surface area contributed by atoms with Gasteiger partial charge in [-0.2, -0.15) is 0 Å². The number of likely N-dealkylation sites (tertiary alicyclic amines) is 1. The van der Waals surface area contributed by atoms with Gasteiger partial charge in [0.1, 0.15) is 11.9 Å². The number of carbonyl (C=O) groups is 2. The van der Waals surface area contributed by atoms with Crippen LogP contribution in [-0.4, -0.2) is 53.0 Å². The Hall–Kier alpha value is -2.87. The maximum Gasteiger partial charge on any atom is 0.274 e. The third-order valence-corrected chi connectivity index (χ3v) is 5.92. The smallest absolute Gasteiger partial charge is 0.274 e. The summed E-state index contributed by atoms with van der Waals surface area (Å²) in [7, 11) is 1.64. The minimum Gasteiger partial charge on any atom is -0.497 e. The van der Waals surface area contributed by atoms with Gasteiger partial charge in [0.25, 0.3) is 5.91 Å². The van der Waals surface area contributed by atoms with E-state index < -0.39 is 0 Å². The molecule has 8 heteroatoms. The monoisotopic (exact) mass is 412 g/mol. The fraction of sp³-hybridized carbons (Fsp3) is 0.500. The van der Waals surface area contributed by atoms with E-state index in [4.69, 9.17) is 9.47 Å². The van der Waals surface area contributed by atoms with E-state index in [1.807, 2.05) is 35.8 Å². The molecule has 1 N–H and O–H groups in total. The van der Waals surface area contributed by atoms with Crippen LogP contribution in [0.15, 0.2) is 30.6 Å². The zero-order valence-electron chi connectivity index (χ0n) is 17.5. The number of nitrogens with zero attached hydrogens (tertiary/aromatic N) is 3. The first-order valence-electron chi connectivity index (χ1n) is 10.5. The van der Waals surface area contributed by atoms with E-state index in [2.05, 4.69) is 10.3 Å². The van der Waals surface area contributed by atoms with Crippen molar-refractivity contribution in [3.8, 4) is 5.75 Å². The second-order valence-corrected chi connectivity index (χ2v) is 7.73. The van der Waals surface area contributed by atoms with E-state index in [9.17, 15) is 9.59 Å². The maximum atomic E-state index is 13.0. The summed E-state index contributed by atoms with van der Waals surface area (Å²) in [6, 6.07) is 7.83. The van der Waals surface area contributed by atoms with Gasteiger partial charge in [0, 0.05) is 25.6 Å². The van der Waals surface area contributed by atoms with Gasteiger partial charge >= 0.3 is 0 Å². The van der Waals surface area contributed by atoms with Crippen molar-refractivity contribution in [3.05, 3.63) is 47.5 Å². The number of nitrogens with one attached hydrogen (secondary N) is 1. The number of aromatic nitrogens is 2. The SMILES string of the molecule is CCNC(=O)C1CCN(C(=O)c2ncn3c2CO[C@H](c2ccc(OC)cc2)C3)CC1. The lowest BCUT2D eigenvalue weighted by molar-refractivity contribution is -0.126. The third kappa shape index (κ3) is 4.05.